The Balaban J connectivity index is 2.04. The highest BCUT2D eigenvalue weighted by Crippen LogP contribution is 2.29. The summed E-state index contributed by atoms with van der Waals surface area (Å²) in [5.74, 6) is -0.392. The Morgan fingerprint density at radius 1 is 1.10 bits per heavy atom. The van der Waals surface area contributed by atoms with Crippen LogP contribution in [-0.2, 0) is 17.4 Å². The second-order valence-electron chi connectivity index (χ2n) is 4.43. The summed E-state index contributed by atoms with van der Waals surface area (Å²) in [6.45, 7) is 0. The van der Waals surface area contributed by atoms with Gasteiger partial charge in [0.1, 0.15) is 0 Å². The maximum atomic E-state index is 12.6. The SMILES string of the molecule is O=C(Cc1cccc(C(F)(F)F)c1)Nc1ccc(Cl)cc1. The van der Waals surface area contributed by atoms with Crippen LogP contribution < -0.4 is 5.32 Å². The number of hydrogen-bond acceptors (Lipinski definition) is 1. The number of nitrogens with one attached hydrogen (secondary N) is 1. The molecule has 0 spiro atoms. The summed E-state index contributed by atoms with van der Waals surface area (Å²) in [4.78, 5) is 11.8. The number of carbonyl (C=O) groups is 1. The zero-order valence-electron chi connectivity index (χ0n) is 10.7. The topological polar surface area (TPSA) is 29.1 Å². The van der Waals surface area contributed by atoms with Gasteiger partial charge >= 0.3 is 6.18 Å². The molecule has 1 N–H and O–H groups in total. The predicted octanol–water partition coefficient (Wildman–Crippen LogP) is 4.54. The highest BCUT2D eigenvalue weighted by molar-refractivity contribution is 6.30. The van der Waals surface area contributed by atoms with Gasteiger partial charge in [0.05, 0.1) is 12.0 Å². The minimum Gasteiger partial charge on any atom is -0.326 e. The van der Waals surface area contributed by atoms with E-state index in [1.807, 2.05) is 0 Å². The first-order chi connectivity index (χ1) is 9.84. The lowest BCUT2D eigenvalue weighted by molar-refractivity contribution is -0.137. The van der Waals surface area contributed by atoms with Crippen molar-refractivity contribution >= 4 is 23.2 Å². The molecule has 0 saturated carbocycles. The Morgan fingerprint density at radius 2 is 1.76 bits per heavy atom. The molecule has 0 unspecified atom stereocenters. The molecular weight excluding hydrogens is 303 g/mol. The number of halogens is 4. The van der Waals surface area contributed by atoms with Crippen LogP contribution in [0.2, 0.25) is 5.02 Å². The molecule has 6 heteroatoms. The highest BCUT2D eigenvalue weighted by Gasteiger charge is 2.30. The molecule has 0 atom stereocenters. The molecular formula is C15H11ClF3NO. The van der Waals surface area contributed by atoms with Gasteiger partial charge < -0.3 is 5.32 Å². The lowest BCUT2D eigenvalue weighted by Crippen LogP contribution is -2.15. The van der Waals surface area contributed by atoms with Gasteiger partial charge in [0.2, 0.25) is 5.91 Å². The Bertz CT molecular complexity index is 638. The van der Waals surface area contributed by atoms with Crippen LogP contribution in [0.4, 0.5) is 18.9 Å². The molecule has 0 fully saturated rings. The lowest BCUT2D eigenvalue weighted by Gasteiger charge is -2.09. The summed E-state index contributed by atoms with van der Waals surface area (Å²) < 4.78 is 37.7. The highest BCUT2D eigenvalue weighted by atomic mass is 35.5. The van der Waals surface area contributed by atoms with Crippen molar-refractivity contribution in [1.29, 1.82) is 0 Å². The first kappa shape index (κ1) is 15.4. The number of hydrogen-bond donors (Lipinski definition) is 1. The smallest absolute Gasteiger partial charge is 0.326 e. The van der Waals surface area contributed by atoms with Gasteiger partial charge in [-0.15, -0.1) is 0 Å². The van der Waals surface area contributed by atoms with E-state index in [0.29, 0.717) is 16.3 Å². The number of carbonyl (C=O) groups excluding carboxylic acids is 1. The normalized spacial score (nSPS) is 11.2. The largest absolute Gasteiger partial charge is 0.416 e. The molecule has 110 valence electrons. The molecule has 2 aromatic carbocycles. The van der Waals surface area contributed by atoms with Gasteiger partial charge in [-0.25, -0.2) is 0 Å². The summed E-state index contributed by atoms with van der Waals surface area (Å²) in [5, 5.41) is 3.13. The van der Waals surface area contributed by atoms with Crippen molar-refractivity contribution in [3.8, 4) is 0 Å². The van der Waals surface area contributed by atoms with E-state index >= 15 is 0 Å². The van der Waals surface area contributed by atoms with Crippen LogP contribution in [0, 0.1) is 0 Å². The molecule has 0 radical (unpaired) electrons. The van der Waals surface area contributed by atoms with Crippen molar-refractivity contribution in [2.45, 2.75) is 12.6 Å². The summed E-state index contributed by atoms with van der Waals surface area (Å²) in [6, 6.07) is 11.2. The summed E-state index contributed by atoms with van der Waals surface area (Å²) in [6.07, 6.45) is -4.55. The Morgan fingerprint density at radius 3 is 2.38 bits per heavy atom. The minimum atomic E-state index is -4.41. The van der Waals surface area contributed by atoms with Gasteiger partial charge in [-0.3, -0.25) is 4.79 Å². The zero-order valence-corrected chi connectivity index (χ0v) is 11.5. The molecule has 21 heavy (non-hydrogen) atoms. The van der Waals surface area contributed by atoms with E-state index in [4.69, 9.17) is 11.6 Å². The Hall–Kier alpha value is -2.01. The molecule has 0 heterocycles. The van der Waals surface area contributed by atoms with Crippen LogP contribution >= 0.6 is 11.6 Å². The molecule has 0 saturated heterocycles. The number of alkyl halides is 3. The second kappa shape index (κ2) is 6.18. The molecule has 0 aliphatic heterocycles. The molecule has 0 aliphatic rings. The van der Waals surface area contributed by atoms with Gasteiger partial charge in [0.25, 0.3) is 0 Å². The maximum absolute atomic E-state index is 12.6. The molecule has 2 nitrogen and oxygen atoms in total. The van der Waals surface area contributed by atoms with E-state index in [0.717, 1.165) is 12.1 Å². The number of amides is 1. The van der Waals surface area contributed by atoms with Gasteiger partial charge in [-0.1, -0.05) is 29.8 Å². The molecule has 2 aromatic rings. The maximum Gasteiger partial charge on any atom is 0.416 e. The number of benzene rings is 2. The second-order valence-corrected chi connectivity index (χ2v) is 4.87. The van der Waals surface area contributed by atoms with E-state index in [9.17, 15) is 18.0 Å². The van der Waals surface area contributed by atoms with Gasteiger partial charge in [0.15, 0.2) is 0 Å². The predicted molar refractivity (Wildman–Crippen MR) is 75.2 cm³/mol. The number of rotatable bonds is 3. The van der Waals surface area contributed by atoms with Crippen molar-refractivity contribution in [1.82, 2.24) is 0 Å². The van der Waals surface area contributed by atoms with Crippen LogP contribution in [0.25, 0.3) is 0 Å². The van der Waals surface area contributed by atoms with E-state index in [-0.39, 0.29) is 6.42 Å². The standard InChI is InChI=1S/C15H11ClF3NO/c16-12-4-6-13(7-5-12)20-14(21)9-10-2-1-3-11(8-10)15(17,18)19/h1-8H,9H2,(H,20,21). The first-order valence-corrected chi connectivity index (χ1v) is 6.44. The lowest BCUT2D eigenvalue weighted by atomic mass is 10.1. The van der Waals surface area contributed by atoms with Crippen molar-refractivity contribution in [2.75, 3.05) is 5.32 Å². The monoisotopic (exact) mass is 313 g/mol. The summed E-state index contributed by atoms with van der Waals surface area (Å²) >= 11 is 5.72. The minimum absolute atomic E-state index is 0.132. The molecule has 0 bridgehead atoms. The third kappa shape index (κ3) is 4.49. The van der Waals surface area contributed by atoms with Crippen LogP contribution in [-0.4, -0.2) is 5.91 Å². The van der Waals surface area contributed by atoms with Crippen molar-refractivity contribution in [3.05, 3.63) is 64.7 Å². The van der Waals surface area contributed by atoms with E-state index < -0.39 is 17.6 Å². The van der Waals surface area contributed by atoms with Gasteiger partial charge in [0, 0.05) is 10.7 Å². The Labute approximate surface area is 124 Å². The molecule has 1 amide bonds. The first-order valence-electron chi connectivity index (χ1n) is 6.06. The van der Waals surface area contributed by atoms with Crippen LogP contribution in [0.1, 0.15) is 11.1 Å². The van der Waals surface area contributed by atoms with Crippen LogP contribution in [0.5, 0.6) is 0 Å². The van der Waals surface area contributed by atoms with Crippen molar-refractivity contribution in [2.24, 2.45) is 0 Å². The molecule has 0 aliphatic carbocycles. The summed E-state index contributed by atoms with van der Waals surface area (Å²) in [5.41, 5.74) is 0.0759. The third-order valence-corrected chi connectivity index (χ3v) is 3.00. The zero-order chi connectivity index (χ0) is 15.5. The fourth-order valence-electron chi connectivity index (χ4n) is 1.78. The summed E-state index contributed by atoms with van der Waals surface area (Å²) in [7, 11) is 0. The van der Waals surface area contributed by atoms with Crippen LogP contribution in [0.3, 0.4) is 0 Å². The quantitative estimate of drug-likeness (QED) is 0.885. The molecule has 2 rings (SSSR count). The third-order valence-electron chi connectivity index (χ3n) is 2.75. The number of anilines is 1. The Kier molecular flexibility index (Phi) is 4.53. The fraction of sp³-hybridized carbons (Fsp3) is 0.133. The van der Waals surface area contributed by atoms with Crippen molar-refractivity contribution in [3.63, 3.8) is 0 Å². The van der Waals surface area contributed by atoms with Crippen molar-refractivity contribution < 1.29 is 18.0 Å². The fourth-order valence-corrected chi connectivity index (χ4v) is 1.91. The average molecular weight is 314 g/mol. The van der Waals surface area contributed by atoms with E-state index in [1.165, 1.54) is 12.1 Å². The van der Waals surface area contributed by atoms with Gasteiger partial charge in [-0.05, 0) is 35.9 Å². The van der Waals surface area contributed by atoms with Gasteiger partial charge in [-0.2, -0.15) is 13.2 Å². The molecule has 0 aromatic heterocycles. The average Bonchev–Trinajstić information content (AvgIpc) is 2.41. The van der Waals surface area contributed by atoms with E-state index in [2.05, 4.69) is 5.32 Å². The van der Waals surface area contributed by atoms with Crippen LogP contribution in [0.15, 0.2) is 48.5 Å². The van der Waals surface area contributed by atoms with E-state index in [1.54, 1.807) is 24.3 Å².